The Balaban J connectivity index is 2.07. The number of hydrogen-bond acceptors (Lipinski definition) is 3. The van der Waals surface area contributed by atoms with Crippen molar-refractivity contribution in [3.8, 4) is 5.75 Å². The fourth-order valence-corrected chi connectivity index (χ4v) is 2.80. The highest BCUT2D eigenvalue weighted by Gasteiger charge is 2.20. The Bertz CT molecular complexity index is 797. The quantitative estimate of drug-likeness (QED) is 0.713. The maximum Gasteiger partial charge on any atom is 0.140 e. The standard InChI is InChI=1S/C16H12BrClO3/c1-20-14-4-2-10(17)8-12(14)16(19)15-7-9-6-11(18)3-5-13(9)21-15/h2-8,16,19H,1H3. The van der Waals surface area contributed by atoms with E-state index in [4.69, 9.17) is 20.8 Å². The van der Waals surface area contributed by atoms with Gasteiger partial charge in [-0.15, -0.1) is 0 Å². The number of aliphatic hydroxyl groups excluding tert-OH is 1. The van der Waals surface area contributed by atoms with Crippen molar-refractivity contribution in [2.45, 2.75) is 6.10 Å². The Labute approximate surface area is 135 Å². The summed E-state index contributed by atoms with van der Waals surface area (Å²) in [5, 5.41) is 12.1. The van der Waals surface area contributed by atoms with E-state index in [0.717, 1.165) is 9.86 Å². The van der Waals surface area contributed by atoms with Crippen LogP contribution >= 0.6 is 27.5 Å². The molecule has 3 aromatic rings. The molecular weight excluding hydrogens is 356 g/mol. The second kappa shape index (κ2) is 5.72. The molecule has 1 unspecified atom stereocenters. The normalized spacial score (nSPS) is 12.6. The molecule has 0 aliphatic heterocycles. The van der Waals surface area contributed by atoms with Crippen LogP contribution in [0.4, 0.5) is 0 Å². The highest BCUT2D eigenvalue weighted by Crippen LogP contribution is 2.35. The minimum absolute atomic E-state index is 0.448. The summed E-state index contributed by atoms with van der Waals surface area (Å²) in [6.07, 6.45) is -0.913. The lowest BCUT2D eigenvalue weighted by Gasteiger charge is -2.13. The van der Waals surface area contributed by atoms with Gasteiger partial charge in [-0.3, -0.25) is 0 Å². The average molecular weight is 368 g/mol. The van der Waals surface area contributed by atoms with Gasteiger partial charge >= 0.3 is 0 Å². The van der Waals surface area contributed by atoms with E-state index in [1.165, 1.54) is 0 Å². The maximum atomic E-state index is 10.6. The molecule has 0 amide bonds. The summed E-state index contributed by atoms with van der Waals surface area (Å²) in [6.45, 7) is 0. The van der Waals surface area contributed by atoms with E-state index >= 15 is 0 Å². The molecule has 1 N–H and O–H groups in total. The topological polar surface area (TPSA) is 42.6 Å². The lowest BCUT2D eigenvalue weighted by atomic mass is 10.1. The van der Waals surface area contributed by atoms with Crippen molar-refractivity contribution in [2.24, 2.45) is 0 Å². The van der Waals surface area contributed by atoms with Gasteiger partial charge in [0.2, 0.25) is 0 Å². The molecule has 3 rings (SSSR count). The number of rotatable bonds is 3. The van der Waals surface area contributed by atoms with Crippen molar-refractivity contribution in [3.05, 3.63) is 63.3 Å². The summed E-state index contributed by atoms with van der Waals surface area (Å²) in [5.74, 6) is 1.05. The van der Waals surface area contributed by atoms with E-state index in [2.05, 4.69) is 15.9 Å². The molecule has 21 heavy (non-hydrogen) atoms. The maximum absolute atomic E-state index is 10.6. The van der Waals surface area contributed by atoms with Gasteiger partial charge < -0.3 is 14.3 Å². The van der Waals surface area contributed by atoms with Crippen molar-refractivity contribution < 1.29 is 14.3 Å². The van der Waals surface area contributed by atoms with Gasteiger partial charge in [-0.2, -0.15) is 0 Å². The Hall–Kier alpha value is -1.49. The molecule has 0 bridgehead atoms. The lowest BCUT2D eigenvalue weighted by molar-refractivity contribution is 0.187. The molecule has 0 fully saturated rings. The Kier molecular flexibility index (Phi) is 3.93. The summed E-state index contributed by atoms with van der Waals surface area (Å²) >= 11 is 9.36. The van der Waals surface area contributed by atoms with Crippen LogP contribution in [0.25, 0.3) is 11.0 Å². The molecule has 0 radical (unpaired) electrons. The van der Waals surface area contributed by atoms with Crippen molar-refractivity contribution >= 4 is 38.5 Å². The molecule has 1 atom stereocenters. The van der Waals surface area contributed by atoms with Crippen molar-refractivity contribution in [2.75, 3.05) is 7.11 Å². The summed E-state index contributed by atoms with van der Waals surface area (Å²) in [4.78, 5) is 0. The summed E-state index contributed by atoms with van der Waals surface area (Å²) < 4.78 is 11.8. The third-order valence-corrected chi connectivity index (χ3v) is 3.98. The van der Waals surface area contributed by atoms with Crippen LogP contribution in [0.15, 0.2) is 51.4 Å². The molecule has 0 saturated carbocycles. The van der Waals surface area contributed by atoms with Gasteiger partial charge in [0.05, 0.1) is 7.11 Å². The zero-order valence-electron chi connectivity index (χ0n) is 11.1. The fraction of sp³-hybridized carbons (Fsp3) is 0.125. The van der Waals surface area contributed by atoms with E-state index in [9.17, 15) is 5.11 Å². The van der Waals surface area contributed by atoms with Gasteiger partial charge in [-0.05, 0) is 42.5 Å². The van der Waals surface area contributed by atoms with Crippen molar-refractivity contribution in [3.63, 3.8) is 0 Å². The molecule has 1 aromatic heterocycles. The average Bonchev–Trinajstić information content (AvgIpc) is 2.89. The zero-order valence-corrected chi connectivity index (χ0v) is 13.5. The van der Waals surface area contributed by atoms with E-state index in [1.54, 1.807) is 37.4 Å². The van der Waals surface area contributed by atoms with Crippen molar-refractivity contribution in [1.29, 1.82) is 0 Å². The molecule has 108 valence electrons. The van der Waals surface area contributed by atoms with Crippen LogP contribution in [-0.4, -0.2) is 12.2 Å². The van der Waals surface area contributed by atoms with E-state index in [-0.39, 0.29) is 0 Å². The predicted molar refractivity (Wildman–Crippen MR) is 86.0 cm³/mol. The lowest BCUT2D eigenvalue weighted by Crippen LogP contribution is -2.01. The van der Waals surface area contributed by atoms with Crippen molar-refractivity contribution in [1.82, 2.24) is 0 Å². The summed E-state index contributed by atoms with van der Waals surface area (Å²) in [6, 6.07) is 12.6. The third kappa shape index (κ3) is 2.79. The first-order valence-corrected chi connectivity index (χ1v) is 7.46. The Morgan fingerprint density at radius 3 is 2.76 bits per heavy atom. The monoisotopic (exact) mass is 366 g/mol. The van der Waals surface area contributed by atoms with Gasteiger partial charge in [-0.1, -0.05) is 27.5 Å². The van der Waals surface area contributed by atoms with Gasteiger partial charge in [-0.25, -0.2) is 0 Å². The molecule has 0 saturated heterocycles. The predicted octanol–water partition coefficient (Wildman–Crippen LogP) is 4.94. The highest BCUT2D eigenvalue weighted by atomic mass is 79.9. The second-order valence-corrected chi connectivity index (χ2v) is 5.97. The molecule has 5 heteroatoms. The van der Waals surface area contributed by atoms with Gasteiger partial charge in [0, 0.05) is 20.4 Å². The van der Waals surface area contributed by atoms with E-state index < -0.39 is 6.10 Å². The molecule has 3 nitrogen and oxygen atoms in total. The van der Waals surface area contributed by atoms with Gasteiger partial charge in [0.1, 0.15) is 23.2 Å². The van der Waals surface area contributed by atoms with Crippen LogP contribution in [0.5, 0.6) is 5.75 Å². The van der Waals surface area contributed by atoms with Gasteiger partial charge in [0.15, 0.2) is 0 Å². The first-order valence-electron chi connectivity index (χ1n) is 6.29. The zero-order chi connectivity index (χ0) is 15.0. The van der Waals surface area contributed by atoms with Gasteiger partial charge in [0.25, 0.3) is 0 Å². The van der Waals surface area contributed by atoms with Crippen LogP contribution in [0.1, 0.15) is 17.4 Å². The fourth-order valence-electron chi connectivity index (χ4n) is 2.24. The molecule has 2 aromatic carbocycles. The molecule has 0 aliphatic rings. The number of methoxy groups -OCH3 is 1. The Morgan fingerprint density at radius 2 is 2.00 bits per heavy atom. The second-order valence-electron chi connectivity index (χ2n) is 4.62. The smallest absolute Gasteiger partial charge is 0.140 e. The number of hydrogen-bond donors (Lipinski definition) is 1. The number of furan rings is 1. The highest BCUT2D eigenvalue weighted by molar-refractivity contribution is 9.10. The number of fused-ring (bicyclic) bond motifs is 1. The largest absolute Gasteiger partial charge is 0.496 e. The van der Waals surface area contributed by atoms with Crippen LogP contribution in [0, 0.1) is 0 Å². The van der Waals surface area contributed by atoms with Crippen LogP contribution in [0.2, 0.25) is 5.02 Å². The first kappa shape index (κ1) is 14.4. The molecule has 0 aliphatic carbocycles. The first-order chi connectivity index (χ1) is 10.1. The molecule has 0 spiro atoms. The molecular formula is C16H12BrClO3. The summed E-state index contributed by atoms with van der Waals surface area (Å²) in [7, 11) is 1.57. The van der Waals surface area contributed by atoms with Crippen LogP contribution < -0.4 is 4.74 Å². The minimum Gasteiger partial charge on any atom is -0.496 e. The number of aliphatic hydroxyl groups is 1. The number of benzene rings is 2. The van der Waals surface area contributed by atoms with Crippen LogP contribution in [-0.2, 0) is 0 Å². The number of halogens is 2. The third-order valence-electron chi connectivity index (χ3n) is 3.25. The van der Waals surface area contributed by atoms with E-state index in [1.807, 2.05) is 12.1 Å². The minimum atomic E-state index is -0.913. The Morgan fingerprint density at radius 1 is 1.19 bits per heavy atom. The van der Waals surface area contributed by atoms with E-state index in [0.29, 0.717) is 27.7 Å². The van der Waals surface area contributed by atoms with Crippen LogP contribution in [0.3, 0.4) is 0 Å². The SMILES string of the molecule is COc1ccc(Br)cc1C(O)c1cc2cc(Cl)ccc2o1. The summed E-state index contributed by atoms with van der Waals surface area (Å²) in [5.41, 5.74) is 1.32. The number of ether oxygens (including phenoxy) is 1. The molecule has 1 heterocycles.